The summed E-state index contributed by atoms with van der Waals surface area (Å²) >= 11 is 0. The van der Waals surface area contributed by atoms with Crippen LogP contribution in [0.2, 0.25) is 0 Å². The SMILES string of the molecule is C.C#C.CC.CC.CCC(c1nc2ccc(C#CCCN3CC(C)(C#N)C3)cc2n1-c1c(C=O)cccc1OC(F)F)N(C)C.CN. The van der Waals surface area contributed by atoms with Crippen molar-refractivity contribution >= 4 is 17.3 Å². The van der Waals surface area contributed by atoms with E-state index in [2.05, 4.69) is 41.4 Å². The fraction of sp³-hybridized carbons (Fsp3) is 0.486. The highest BCUT2D eigenvalue weighted by molar-refractivity contribution is 5.87. The minimum Gasteiger partial charge on any atom is -0.433 e. The van der Waals surface area contributed by atoms with Crippen molar-refractivity contribution < 1.29 is 18.3 Å². The molecule has 2 aromatic carbocycles. The maximum absolute atomic E-state index is 13.4. The molecule has 10 heteroatoms. The third-order valence-electron chi connectivity index (χ3n) is 6.79. The lowest BCUT2D eigenvalue weighted by Gasteiger charge is -2.43. The van der Waals surface area contributed by atoms with Gasteiger partial charge in [0.05, 0.1) is 28.6 Å². The second kappa shape index (κ2) is 23.1. The Balaban J connectivity index is 0. The van der Waals surface area contributed by atoms with Gasteiger partial charge in [-0.2, -0.15) is 14.0 Å². The number of fused-ring (bicyclic) bond motifs is 1. The van der Waals surface area contributed by atoms with E-state index in [1.807, 2.05) is 78.7 Å². The van der Waals surface area contributed by atoms with Crippen LogP contribution in [-0.2, 0) is 0 Å². The maximum atomic E-state index is 13.4. The molecule has 1 aliphatic heterocycles. The number of nitrogens with zero attached hydrogens (tertiary/aromatic N) is 5. The smallest absolute Gasteiger partial charge is 0.387 e. The second-order valence-electron chi connectivity index (χ2n) is 10.0. The van der Waals surface area contributed by atoms with E-state index in [1.165, 1.54) is 19.2 Å². The topological polar surface area (TPSA) is 100 Å². The van der Waals surface area contributed by atoms with E-state index in [-0.39, 0.29) is 35.9 Å². The van der Waals surface area contributed by atoms with Gasteiger partial charge in [-0.15, -0.1) is 12.8 Å². The molecule has 1 aliphatic rings. The lowest BCUT2D eigenvalue weighted by Crippen LogP contribution is -2.53. The van der Waals surface area contributed by atoms with Gasteiger partial charge in [-0.05, 0) is 64.8 Å². The van der Waals surface area contributed by atoms with Crippen molar-refractivity contribution in [1.29, 1.82) is 5.26 Å². The lowest BCUT2D eigenvalue weighted by atomic mass is 9.84. The predicted molar refractivity (Wildman–Crippen MR) is 191 cm³/mol. The molecule has 0 spiro atoms. The van der Waals surface area contributed by atoms with Crippen LogP contribution >= 0.6 is 0 Å². The Morgan fingerprint density at radius 1 is 1.15 bits per heavy atom. The Hall–Kier alpha value is -4.27. The zero-order chi connectivity index (χ0) is 35.4. The van der Waals surface area contributed by atoms with Gasteiger partial charge in [0.25, 0.3) is 0 Å². The van der Waals surface area contributed by atoms with Gasteiger partial charge in [-0.25, -0.2) is 4.98 Å². The normalized spacial score (nSPS) is 13.0. The van der Waals surface area contributed by atoms with Crippen molar-refractivity contribution in [2.75, 3.05) is 40.8 Å². The molecule has 3 aromatic rings. The molecule has 47 heavy (non-hydrogen) atoms. The van der Waals surface area contributed by atoms with Gasteiger partial charge in [0, 0.05) is 37.2 Å². The molecule has 0 saturated carbocycles. The molecule has 2 heterocycles. The number of aldehydes is 1. The third-order valence-corrected chi connectivity index (χ3v) is 6.79. The first-order chi connectivity index (χ1) is 22.2. The summed E-state index contributed by atoms with van der Waals surface area (Å²) in [5.41, 5.74) is 6.73. The summed E-state index contributed by atoms with van der Waals surface area (Å²) in [6.07, 6.45) is 10.00. The van der Waals surface area contributed by atoms with Crippen LogP contribution in [0, 0.1) is 41.4 Å². The van der Waals surface area contributed by atoms with Gasteiger partial charge in [-0.3, -0.25) is 19.2 Å². The van der Waals surface area contributed by atoms with Gasteiger partial charge >= 0.3 is 6.61 Å². The number of likely N-dealkylation sites (tertiary alicyclic amines) is 1. The molecular weight excluding hydrogens is 598 g/mol. The number of alkyl halides is 2. The zero-order valence-electron chi connectivity index (χ0n) is 28.8. The van der Waals surface area contributed by atoms with Crippen LogP contribution in [-0.4, -0.2) is 73.0 Å². The molecule has 1 fully saturated rings. The first-order valence-corrected chi connectivity index (χ1v) is 15.5. The highest BCUT2D eigenvalue weighted by Crippen LogP contribution is 2.36. The Morgan fingerprint density at radius 2 is 1.77 bits per heavy atom. The number of nitrogens with two attached hydrogens (primary N) is 1. The van der Waals surface area contributed by atoms with Gasteiger partial charge < -0.3 is 10.5 Å². The minimum absolute atomic E-state index is 0. The number of halogens is 2. The van der Waals surface area contributed by atoms with E-state index in [9.17, 15) is 18.8 Å². The highest BCUT2D eigenvalue weighted by atomic mass is 19.3. The number of benzene rings is 2. The Kier molecular flexibility index (Phi) is 22.1. The van der Waals surface area contributed by atoms with Crippen LogP contribution < -0.4 is 10.5 Å². The number of terminal acetylenes is 1. The number of para-hydroxylation sites is 1. The van der Waals surface area contributed by atoms with Crippen LogP contribution in [0.1, 0.15) is 89.6 Å². The molecule has 0 amide bonds. The number of carbonyl (C=O) groups is 1. The Labute approximate surface area is 281 Å². The Morgan fingerprint density at radius 3 is 2.28 bits per heavy atom. The standard InChI is InChI=1S/C29H31F2N5O2.2C2H6.C2H2.CH5N.CH4/c1-5-23(34(3)4)27-33-22-13-12-20(9-6-7-14-35-18-29(2,17-32)19-35)15-24(22)36(27)26-21(16-37)10-8-11-25(26)38-28(30)31;4*1-2;/h8,10-13,15-16,23,28H,5,7,14,18-19H2,1-4H3;2*1-2H3;1-2H;2H2,1H3;1H4. The first kappa shape index (κ1) is 44.9. The summed E-state index contributed by atoms with van der Waals surface area (Å²) in [5, 5.41) is 9.17. The molecule has 258 valence electrons. The molecule has 8 nitrogen and oxygen atoms in total. The zero-order valence-corrected chi connectivity index (χ0v) is 28.8. The molecule has 1 aromatic heterocycles. The monoisotopic (exact) mass is 652 g/mol. The number of hydrogen-bond donors (Lipinski definition) is 1. The van der Waals surface area contributed by atoms with Crippen LogP contribution in [0.3, 0.4) is 0 Å². The maximum Gasteiger partial charge on any atom is 0.387 e. The van der Waals surface area contributed by atoms with Crippen molar-refractivity contribution in [3.05, 3.63) is 53.3 Å². The summed E-state index contributed by atoms with van der Waals surface area (Å²) in [5.74, 6) is 6.90. The number of carbonyl (C=O) groups excluding carboxylic acids is 1. The summed E-state index contributed by atoms with van der Waals surface area (Å²) in [6.45, 7) is 11.2. The van der Waals surface area contributed by atoms with E-state index in [0.29, 0.717) is 36.0 Å². The average molecular weight is 653 g/mol. The van der Waals surface area contributed by atoms with E-state index < -0.39 is 6.61 Å². The van der Waals surface area contributed by atoms with E-state index >= 15 is 0 Å². The number of ether oxygens (including phenoxy) is 1. The number of nitriles is 1. The molecule has 2 N–H and O–H groups in total. The summed E-state index contributed by atoms with van der Waals surface area (Å²) in [7, 11) is 5.35. The molecule has 0 radical (unpaired) electrons. The summed E-state index contributed by atoms with van der Waals surface area (Å²) in [6, 6.07) is 12.3. The van der Waals surface area contributed by atoms with E-state index in [0.717, 1.165) is 25.2 Å². The largest absolute Gasteiger partial charge is 0.433 e. The first-order valence-electron chi connectivity index (χ1n) is 15.5. The molecule has 0 aliphatic carbocycles. The van der Waals surface area contributed by atoms with Crippen molar-refractivity contribution in [2.45, 2.75) is 74.5 Å². The fourth-order valence-electron chi connectivity index (χ4n) is 5.02. The van der Waals surface area contributed by atoms with Crippen molar-refractivity contribution in [1.82, 2.24) is 19.4 Å². The van der Waals surface area contributed by atoms with E-state index in [1.54, 1.807) is 10.6 Å². The van der Waals surface area contributed by atoms with Gasteiger partial charge in [-0.1, -0.05) is 60.0 Å². The average Bonchev–Trinajstić information content (AvgIpc) is 3.43. The third kappa shape index (κ3) is 11.8. The second-order valence-corrected chi connectivity index (χ2v) is 10.0. The number of hydrogen-bond acceptors (Lipinski definition) is 7. The molecule has 1 atom stereocenters. The summed E-state index contributed by atoms with van der Waals surface area (Å²) in [4.78, 5) is 21.1. The van der Waals surface area contributed by atoms with Crippen LogP contribution in [0.5, 0.6) is 5.75 Å². The molecule has 0 bridgehead atoms. The molecule has 4 rings (SSSR count). The molecule has 1 unspecified atom stereocenters. The minimum atomic E-state index is -3.05. The number of imidazole rings is 1. The summed E-state index contributed by atoms with van der Waals surface area (Å²) < 4.78 is 33.3. The highest BCUT2D eigenvalue weighted by Gasteiger charge is 2.38. The Bertz CT molecular complexity index is 1470. The van der Waals surface area contributed by atoms with Crippen LogP contribution in [0.4, 0.5) is 8.78 Å². The van der Waals surface area contributed by atoms with Crippen molar-refractivity contribution in [3.63, 3.8) is 0 Å². The van der Waals surface area contributed by atoms with E-state index in [4.69, 9.17) is 9.72 Å². The molecular formula is C37H54F2N6O2. The van der Waals surface area contributed by atoms with Crippen molar-refractivity contribution in [3.8, 4) is 42.2 Å². The van der Waals surface area contributed by atoms with Crippen LogP contribution in [0.15, 0.2) is 36.4 Å². The van der Waals surface area contributed by atoms with Gasteiger partial charge in [0.15, 0.2) is 12.0 Å². The van der Waals surface area contributed by atoms with Crippen LogP contribution in [0.25, 0.3) is 16.7 Å². The number of aromatic nitrogens is 2. The number of rotatable bonds is 9. The van der Waals surface area contributed by atoms with Crippen molar-refractivity contribution in [2.24, 2.45) is 11.1 Å². The molecule has 1 saturated heterocycles. The quantitative estimate of drug-likeness (QED) is 0.188. The van der Waals surface area contributed by atoms with Gasteiger partial charge in [0.1, 0.15) is 11.5 Å². The lowest BCUT2D eigenvalue weighted by molar-refractivity contribution is -0.0498. The van der Waals surface area contributed by atoms with Gasteiger partial charge in [0.2, 0.25) is 0 Å². The fourth-order valence-corrected chi connectivity index (χ4v) is 5.02. The predicted octanol–water partition coefficient (Wildman–Crippen LogP) is 7.55.